The molecular formula is C15H18N2O3S2. The molecule has 22 heavy (non-hydrogen) atoms. The van der Waals surface area contributed by atoms with Crippen molar-refractivity contribution < 1.29 is 13.2 Å². The summed E-state index contributed by atoms with van der Waals surface area (Å²) in [6.07, 6.45) is 0.716. The van der Waals surface area contributed by atoms with Crippen LogP contribution in [-0.4, -0.2) is 14.3 Å². The Labute approximate surface area is 134 Å². The molecule has 1 aromatic heterocycles. The lowest BCUT2D eigenvalue weighted by molar-refractivity contribution is -0.124. The number of nitrogens with one attached hydrogen (secondary N) is 1. The molecule has 0 aliphatic heterocycles. The van der Waals surface area contributed by atoms with Gasteiger partial charge in [-0.3, -0.25) is 4.79 Å². The topological polar surface area (TPSA) is 89.3 Å². The Morgan fingerprint density at radius 3 is 2.50 bits per heavy atom. The molecule has 0 saturated carbocycles. The Balaban J connectivity index is 1.88. The molecule has 118 valence electrons. The molecule has 7 heteroatoms. The maximum Gasteiger partial charge on any atom is 0.238 e. The van der Waals surface area contributed by atoms with Crippen LogP contribution in [0.15, 0.2) is 46.7 Å². The van der Waals surface area contributed by atoms with Gasteiger partial charge in [-0.1, -0.05) is 25.1 Å². The van der Waals surface area contributed by atoms with Crippen LogP contribution in [0.25, 0.3) is 0 Å². The monoisotopic (exact) mass is 338 g/mol. The summed E-state index contributed by atoms with van der Waals surface area (Å²) in [7, 11) is -3.68. The maximum atomic E-state index is 12.0. The summed E-state index contributed by atoms with van der Waals surface area (Å²) in [5, 5.41) is 9.88. The van der Waals surface area contributed by atoms with E-state index in [1.807, 2.05) is 24.4 Å². The van der Waals surface area contributed by atoms with Crippen LogP contribution in [0, 0.1) is 5.92 Å². The standard InChI is InChI=1S/C15H18N2O3S2/c1-11(9-13-3-2-8-21-13)15(18)17-10-12-4-6-14(7-5-12)22(16,19)20/h2-8,11H,9-10H2,1H3,(H,17,18)(H2,16,19,20)/t11-/m0/s1. The summed E-state index contributed by atoms with van der Waals surface area (Å²) >= 11 is 1.64. The van der Waals surface area contributed by atoms with E-state index in [4.69, 9.17) is 5.14 Å². The van der Waals surface area contributed by atoms with Gasteiger partial charge in [-0.2, -0.15) is 0 Å². The summed E-state index contributed by atoms with van der Waals surface area (Å²) < 4.78 is 22.3. The molecule has 2 rings (SSSR count). The van der Waals surface area contributed by atoms with E-state index in [2.05, 4.69) is 5.32 Å². The molecule has 0 saturated heterocycles. The molecule has 1 aromatic carbocycles. The first-order valence-electron chi connectivity index (χ1n) is 6.78. The first-order valence-corrected chi connectivity index (χ1v) is 9.20. The van der Waals surface area contributed by atoms with Crippen molar-refractivity contribution >= 4 is 27.3 Å². The number of carbonyl (C=O) groups is 1. The lowest BCUT2D eigenvalue weighted by Gasteiger charge is -2.11. The molecule has 0 aliphatic rings. The zero-order valence-electron chi connectivity index (χ0n) is 12.2. The number of nitrogens with two attached hydrogens (primary N) is 1. The second-order valence-corrected chi connectivity index (χ2v) is 7.68. The summed E-state index contributed by atoms with van der Waals surface area (Å²) in [5.41, 5.74) is 0.823. The zero-order valence-corrected chi connectivity index (χ0v) is 13.8. The Hall–Kier alpha value is -1.70. The second-order valence-electron chi connectivity index (χ2n) is 5.09. The maximum absolute atomic E-state index is 12.0. The van der Waals surface area contributed by atoms with Crippen LogP contribution in [0.4, 0.5) is 0 Å². The Kier molecular flexibility index (Phi) is 5.33. The third-order valence-corrected chi connectivity index (χ3v) is 5.08. The third kappa shape index (κ3) is 4.66. The quantitative estimate of drug-likeness (QED) is 0.843. The highest BCUT2D eigenvalue weighted by Crippen LogP contribution is 2.15. The smallest absolute Gasteiger partial charge is 0.238 e. The molecule has 1 heterocycles. The summed E-state index contributed by atoms with van der Waals surface area (Å²) in [5.74, 6) is -0.133. The van der Waals surface area contributed by atoms with Gasteiger partial charge in [0, 0.05) is 17.3 Å². The van der Waals surface area contributed by atoms with Crippen LogP contribution in [-0.2, 0) is 27.8 Å². The SMILES string of the molecule is C[C@@H](Cc1cccs1)C(=O)NCc1ccc(S(N)(=O)=O)cc1. The number of rotatable bonds is 6. The highest BCUT2D eigenvalue weighted by Gasteiger charge is 2.14. The van der Waals surface area contributed by atoms with E-state index < -0.39 is 10.0 Å². The van der Waals surface area contributed by atoms with Gasteiger partial charge in [0.2, 0.25) is 15.9 Å². The molecule has 0 spiro atoms. The fraction of sp³-hybridized carbons (Fsp3) is 0.267. The van der Waals surface area contributed by atoms with Crippen molar-refractivity contribution in [1.82, 2.24) is 5.32 Å². The van der Waals surface area contributed by atoms with Gasteiger partial charge in [-0.05, 0) is 35.6 Å². The van der Waals surface area contributed by atoms with Crippen LogP contribution in [0.5, 0.6) is 0 Å². The van der Waals surface area contributed by atoms with Gasteiger partial charge < -0.3 is 5.32 Å². The highest BCUT2D eigenvalue weighted by molar-refractivity contribution is 7.89. The van der Waals surface area contributed by atoms with Crippen molar-refractivity contribution in [2.45, 2.75) is 24.8 Å². The molecule has 1 amide bonds. The van der Waals surface area contributed by atoms with Crippen molar-refractivity contribution in [2.24, 2.45) is 11.1 Å². The molecule has 2 aromatic rings. The lowest BCUT2D eigenvalue weighted by Crippen LogP contribution is -2.29. The third-order valence-electron chi connectivity index (χ3n) is 3.25. The van der Waals surface area contributed by atoms with Crippen molar-refractivity contribution in [3.63, 3.8) is 0 Å². The fourth-order valence-corrected chi connectivity index (χ4v) is 3.33. The van der Waals surface area contributed by atoms with E-state index in [9.17, 15) is 13.2 Å². The highest BCUT2D eigenvalue weighted by atomic mass is 32.2. The van der Waals surface area contributed by atoms with Crippen molar-refractivity contribution in [2.75, 3.05) is 0 Å². The van der Waals surface area contributed by atoms with E-state index >= 15 is 0 Å². The van der Waals surface area contributed by atoms with E-state index in [1.54, 1.807) is 23.5 Å². The summed E-state index contributed by atoms with van der Waals surface area (Å²) in [4.78, 5) is 13.3. The first kappa shape index (κ1) is 16.7. The fourth-order valence-electron chi connectivity index (χ4n) is 1.98. The number of thiophene rings is 1. The molecule has 0 unspecified atom stereocenters. The molecule has 0 radical (unpaired) electrons. The Morgan fingerprint density at radius 1 is 1.27 bits per heavy atom. The van der Waals surface area contributed by atoms with Crippen LogP contribution >= 0.6 is 11.3 Å². The Bertz CT molecular complexity index is 723. The number of hydrogen-bond acceptors (Lipinski definition) is 4. The molecule has 1 atom stereocenters. The van der Waals surface area contributed by atoms with Crippen LogP contribution in [0.1, 0.15) is 17.4 Å². The minimum Gasteiger partial charge on any atom is -0.352 e. The van der Waals surface area contributed by atoms with Crippen LogP contribution < -0.4 is 10.5 Å². The van der Waals surface area contributed by atoms with E-state index in [1.165, 1.54) is 17.0 Å². The number of benzene rings is 1. The van der Waals surface area contributed by atoms with Crippen molar-refractivity contribution in [3.8, 4) is 0 Å². The van der Waals surface area contributed by atoms with Gasteiger partial charge >= 0.3 is 0 Å². The van der Waals surface area contributed by atoms with Gasteiger partial charge in [0.1, 0.15) is 0 Å². The molecule has 5 nitrogen and oxygen atoms in total. The minimum absolute atomic E-state index is 0.0241. The molecule has 0 fully saturated rings. The minimum atomic E-state index is -3.68. The van der Waals surface area contributed by atoms with Gasteiger partial charge in [-0.25, -0.2) is 13.6 Å². The summed E-state index contributed by atoms with van der Waals surface area (Å²) in [6, 6.07) is 10.1. The largest absolute Gasteiger partial charge is 0.352 e. The predicted molar refractivity (Wildman–Crippen MR) is 86.8 cm³/mol. The van der Waals surface area contributed by atoms with Gasteiger partial charge in [0.05, 0.1) is 4.90 Å². The average molecular weight is 338 g/mol. The van der Waals surface area contributed by atoms with Gasteiger partial charge in [0.15, 0.2) is 0 Å². The summed E-state index contributed by atoms with van der Waals surface area (Å²) in [6.45, 7) is 2.25. The number of sulfonamides is 1. The lowest BCUT2D eigenvalue weighted by atomic mass is 10.1. The number of hydrogen-bond donors (Lipinski definition) is 2. The molecule has 0 bridgehead atoms. The van der Waals surface area contributed by atoms with E-state index in [0.717, 1.165) is 5.56 Å². The zero-order chi connectivity index (χ0) is 16.2. The van der Waals surface area contributed by atoms with Crippen molar-refractivity contribution in [3.05, 3.63) is 52.2 Å². The van der Waals surface area contributed by atoms with E-state index in [0.29, 0.717) is 13.0 Å². The van der Waals surface area contributed by atoms with Gasteiger partial charge in [0.25, 0.3) is 0 Å². The van der Waals surface area contributed by atoms with Crippen molar-refractivity contribution in [1.29, 1.82) is 0 Å². The van der Waals surface area contributed by atoms with Gasteiger partial charge in [-0.15, -0.1) is 11.3 Å². The van der Waals surface area contributed by atoms with Crippen LogP contribution in [0.3, 0.4) is 0 Å². The van der Waals surface area contributed by atoms with Crippen LogP contribution in [0.2, 0.25) is 0 Å². The first-order chi connectivity index (χ1) is 10.4. The normalized spacial score (nSPS) is 12.8. The van der Waals surface area contributed by atoms with E-state index in [-0.39, 0.29) is 16.7 Å². The number of primary sulfonamides is 1. The molecular weight excluding hydrogens is 320 g/mol. The Morgan fingerprint density at radius 2 is 1.95 bits per heavy atom. The number of amides is 1. The number of carbonyl (C=O) groups excluding carboxylic acids is 1. The second kappa shape index (κ2) is 7.04. The molecule has 0 aliphatic carbocycles. The molecule has 3 N–H and O–H groups in total. The predicted octanol–water partition coefficient (Wildman–Crippen LogP) is 1.89. The average Bonchev–Trinajstić information content (AvgIpc) is 2.97.